The summed E-state index contributed by atoms with van der Waals surface area (Å²) in [6.45, 7) is -0.469. The van der Waals surface area contributed by atoms with Crippen LogP contribution in [0.2, 0.25) is 0 Å². The van der Waals surface area contributed by atoms with Crippen molar-refractivity contribution in [3.63, 3.8) is 0 Å². The number of rotatable bonds is 4. The molecule has 2 rings (SSSR count). The Labute approximate surface area is 114 Å². The molecule has 2 heterocycles. The highest BCUT2D eigenvalue weighted by Crippen LogP contribution is 2.19. The molecule has 9 nitrogen and oxygen atoms in total. The average molecular weight is 285 g/mol. The van der Waals surface area contributed by atoms with Gasteiger partial charge in [-0.3, -0.25) is 14.5 Å². The van der Waals surface area contributed by atoms with Gasteiger partial charge in [-0.25, -0.2) is 9.59 Å². The van der Waals surface area contributed by atoms with E-state index in [2.05, 4.69) is 5.32 Å². The number of imide groups is 1. The summed E-state index contributed by atoms with van der Waals surface area (Å²) in [5.74, 6) is -2.38. The molecule has 0 aromatic heterocycles. The van der Waals surface area contributed by atoms with Gasteiger partial charge in [0.25, 0.3) is 5.91 Å². The molecule has 9 heteroatoms. The van der Waals surface area contributed by atoms with Gasteiger partial charge in [0.2, 0.25) is 5.91 Å². The number of nitrogens with zero attached hydrogens (tertiary/aromatic N) is 2. The zero-order valence-corrected chi connectivity index (χ0v) is 10.9. The summed E-state index contributed by atoms with van der Waals surface area (Å²) in [5.41, 5.74) is -1.48. The Bertz CT molecular complexity index is 471. The SMILES string of the molecule is CN1CC(=O)N(CC(=O)NC2(C(=O)O)CCOC2)C1=O. The van der Waals surface area contributed by atoms with Gasteiger partial charge in [0.15, 0.2) is 5.54 Å². The van der Waals surface area contributed by atoms with Crippen LogP contribution in [0, 0.1) is 0 Å². The lowest BCUT2D eigenvalue weighted by molar-refractivity contribution is -0.147. The molecule has 2 aliphatic heterocycles. The number of hydrogen-bond donors (Lipinski definition) is 2. The van der Waals surface area contributed by atoms with Crippen molar-refractivity contribution in [1.29, 1.82) is 0 Å². The van der Waals surface area contributed by atoms with Gasteiger partial charge in [0.1, 0.15) is 13.1 Å². The van der Waals surface area contributed by atoms with E-state index >= 15 is 0 Å². The molecule has 0 aliphatic carbocycles. The molecule has 0 aromatic rings. The lowest BCUT2D eigenvalue weighted by Gasteiger charge is -2.24. The van der Waals surface area contributed by atoms with Crippen LogP contribution >= 0.6 is 0 Å². The fourth-order valence-electron chi connectivity index (χ4n) is 2.16. The van der Waals surface area contributed by atoms with Crippen molar-refractivity contribution in [2.24, 2.45) is 0 Å². The van der Waals surface area contributed by atoms with Crippen LogP contribution in [-0.4, -0.2) is 77.6 Å². The molecule has 1 atom stereocenters. The normalized spacial score (nSPS) is 26.2. The second kappa shape index (κ2) is 5.08. The number of amides is 4. The summed E-state index contributed by atoms with van der Waals surface area (Å²) < 4.78 is 5.00. The minimum absolute atomic E-state index is 0.0840. The van der Waals surface area contributed by atoms with Gasteiger partial charge in [-0.2, -0.15) is 0 Å². The number of carbonyl (C=O) groups is 4. The monoisotopic (exact) mass is 285 g/mol. The molecular weight excluding hydrogens is 270 g/mol. The number of carboxylic acids is 1. The quantitative estimate of drug-likeness (QED) is 0.591. The molecule has 0 radical (unpaired) electrons. The van der Waals surface area contributed by atoms with E-state index in [-0.39, 0.29) is 26.2 Å². The highest BCUT2D eigenvalue weighted by Gasteiger charge is 2.45. The van der Waals surface area contributed by atoms with E-state index < -0.39 is 35.9 Å². The Hall–Kier alpha value is -2.16. The molecule has 1 unspecified atom stereocenters. The number of carbonyl (C=O) groups excluding carboxylic acids is 3. The molecule has 4 amide bonds. The topological polar surface area (TPSA) is 116 Å². The zero-order chi connectivity index (χ0) is 14.9. The van der Waals surface area contributed by atoms with Gasteiger partial charge in [-0.05, 0) is 0 Å². The van der Waals surface area contributed by atoms with E-state index in [9.17, 15) is 19.2 Å². The Morgan fingerprint density at radius 2 is 2.15 bits per heavy atom. The van der Waals surface area contributed by atoms with Crippen molar-refractivity contribution in [3.8, 4) is 0 Å². The molecule has 2 aliphatic rings. The van der Waals surface area contributed by atoms with Crippen molar-refractivity contribution in [3.05, 3.63) is 0 Å². The lowest BCUT2D eigenvalue weighted by Crippen LogP contribution is -2.57. The summed E-state index contributed by atoms with van der Waals surface area (Å²) in [6.07, 6.45) is 0.149. The van der Waals surface area contributed by atoms with Gasteiger partial charge in [0.05, 0.1) is 6.61 Å². The Morgan fingerprint density at radius 3 is 2.60 bits per heavy atom. The first-order valence-electron chi connectivity index (χ1n) is 6.03. The second-order valence-electron chi connectivity index (χ2n) is 4.86. The number of nitrogens with one attached hydrogen (secondary N) is 1. The molecular formula is C11H15N3O6. The van der Waals surface area contributed by atoms with E-state index in [0.29, 0.717) is 0 Å². The van der Waals surface area contributed by atoms with E-state index in [1.807, 2.05) is 0 Å². The van der Waals surface area contributed by atoms with E-state index in [0.717, 1.165) is 4.90 Å². The van der Waals surface area contributed by atoms with Crippen molar-refractivity contribution in [1.82, 2.24) is 15.1 Å². The highest BCUT2D eigenvalue weighted by atomic mass is 16.5. The third-order valence-corrected chi connectivity index (χ3v) is 3.34. The van der Waals surface area contributed by atoms with E-state index in [1.165, 1.54) is 11.9 Å². The Morgan fingerprint density at radius 1 is 1.45 bits per heavy atom. The highest BCUT2D eigenvalue weighted by molar-refractivity contribution is 6.04. The molecule has 0 saturated carbocycles. The van der Waals surface area contributed by atoms with Gasteiger partial charge in [-0.15, -0.1) is 0 Å². The van der Waals surface area contributed by atoms with Crippen LogP contribution < -0.4 is 5.32 Å². The minimum atomic E-state index is -1.48. The summed E-state index contributed by atoms with van der Waals surface area (Å²) in [4.78, 5) is 48.2. The number of likely N-dealkylation sites (N-methyl/N-ethyl adjacent to an activating group) is 1. The first-order chi connectivity index (χ1) is 9.35. The molecule has 110 valence electrons. The number of carboxylic acid groups (broad SMARTS) is 1. The summed E-state index contributed by atoms with van der Waals surface area (Å²) >= 11 is 0. The molecule has 2 fully saturated rings. The maximum atomic E-state index is 11.9. The molecule has 2 saturated heterocycles. The molecule has 20 heavy (non-hydrogen) atoms. The predicted molar refractivity (Wildman–Crippen MR) is 63.7 cm³/mol. The second-order valence-corrected chi connectivity index (χ2v) is 4.86. The fraction of sp³-hybridized carbons (Fsp3) is 0.636. The third kappa shape index (κ3) is 2.44. The number of aliphatic carboxylic acids is 1. The van der Waals surface area contributed by atoms with Crippen LogP contribution in [0.25, 0.3) is 0 Å². The first kappa shape index (κ1) is 14.3. The molecule has 0 aromatic carbocycles. The van der Waals surface area contributed by atoms with Crippen LogP contribution in [0.1, 0.15) is 6.42 Å². The van der Waals surface area contributed by atoms with E-state index in [4.69, 9.17) is 9.84 Å². The number of urea groups is 1. The third-order valence-electron chi connectivity index (χ3n) is 3.34. The predicted octanol–water partition coefficient (Wildman–Crippen LogP) is -1.76. The van der Waals surface area contributed by atoms with Crippen LogP contribution in [0.15, 0.2) is 0 Å². The summed E-state index contributed by atoms with van der Waals surface area (Å²) in [7, 11) is 1.45. The Balaban J connectivity index is 2.00. The molecule has 2 N–H and O–H groups in total. The summed E-state index contributed by atoms with van der Waals surface area (Å²) in [5, 5.41) is 11.5. The van der Waals surface area contributed by atoms with E-state index in [1.54, 1.807) is 0 Å². The maximum Gasteiger partial charge on any atom is 0.331 e. The standard InChI is InChI=1S/C11H15N3O6/c1-13-5-8(16)14(10(13)19)4-7(15)12-11(9(17)18)2-3-20-6-11/h2-6H2,1H3,(H,12,15)(H,17,18). The van der Waals surface area contributed by atoms with Gasteiger partial charge in [0, 0.05) is 20.1 Å². The van der Waals surface area contributed by atoms with Crippen molar-refractivity contribution < 1.29 is 29.0 Å². The Kier molecular flexibility index (Phi) is 3.62. The van der Waals surface area contributed by atoms with Gasteiger partial charge in [-0.1, -0.05) is 0 Å². The first-order valence-corrected chi connectivity index (χ1v) is 6.03. The minimum Gasteiger partial charge on any atom is -0.479 e. The fourth-order valence-corrected chi connectivity index (χ4v) is 2.16. The summed E-state index contributed by atoms with van der Waals surface area (Å²) in [6, 6.07) is -0.572. The smallest absolute Gasteiger partial charge is 0.331 e. The molecule has 0 spiro atoms. The van der Waals surface area contributed by atoms with Crippen molar-refractivity contribution in [2.45, 2.75) is 12.0 Å². The van der Waals surface area contributed by atoms with Gasteiger partial charge >= 0.3 is 12.0 Å². The van der Waals surface area contributed by atoms with Crippen molar-refractivity contribution >= 4 is 23.8 Å². The number of hydrogen-bond acceptors (Lipinski definition) is 5. The average Bonchev–Trinajstić information content (AvgIpc) is 2.92. The van der Waals surface area contributed by atoms with Crippen LogP contribution in [-0.2, 0) is 19.1 Å². The van der Waals surface area contributed by atoms with Crippen molar-refractivity contribution in [2.75, 3.05) is 33.4 Å². The number of ether oxygens (including phenoxy) is 1. The van der Waals surface area contributed by atoms with Crippen LogP contribution in [0.4, 0.5) is 4.79 Å². The zero-order valence-electron chi connectivity index (χ0n) is 10.9. The largest absolute Gasteiger partial charge is 0.479 e. The maximum absolute atomic E-state index is 11.9. The van der Waals surface area contributed by atoms with Crippen LogP contribution in [0.5, 0.6) is 0 Å². The molecule has 0 bridgehead atoms. The van der Waals surface area contributed by atoms with Gasteiger partial charge < -0.3 is 20.1 Å². The lowest BCUT2D eigenvalue weighted by atomic mass is 9.99. The van der Waals surface area contributed by atoms with Crippen LogP contribution in [0.3, 0.4) is 0 Å².